The van der Waals surface area contributed by atoms with Crippen LogP contribution < -0.4 is 10.6 Å². The van der Waals surface area contributed by atoms with Crippen molar-refractivity contribution in [3.63, 3.8) is 0 Å². The molecule has 2 N–H and O–H groups in total. The molecule has 0 bridgehead atoms. The van der Waals surface area contributed by atoms with Crippen LogP contribution in [0.3, 0.4) is 0 Å². The summed E-state index contributed by atoms with van der Waals surface area (Å²) >= 11 is 0. The van der Waals surface area contributed by atoms with Crippen LogP contribution in [-0.4, -0.2) is 24.2 Å². The van der Waals surface area contributed by atoms with Crippen LogP contribution in [0.5, 0.6) is 0 Å². The molecule has 0 unspecified atom stereocenters. The van der Waals surface area contributed by atoms with Crippen molar-refractivity contribution < 1.29 is 4.52 Å². The van der Waals surface area contributed by atoms with Gasteiger partial charge in [0.15, 0.2) is 5.96 Å². The van der Waals surface area contributed by atoms with Crippen molar-refractivity contribution in [1.29, 1.82) is 0 Å². The number of nitrogens with zero attached hydrogens (tertiary/aromatic N) is 2. The largest absolute Gasteiger partial charge is 0.361 e. The Bertz CT molecular complexity index is 467. The van der Waals surface area contributed by atoms with E-state index in [1.807, 2.05) is 13.8 Å². The van der Waals surface area contributed by atoms with Crippen molar-refractivity contribution >= 4 is 5.96 Å². The standard InChI is InChI=1S/C17H30N4O/c1-5-18-17(19-10-15-8-6-12(2)7-9-15)20-11-16-13(3)21-22-14(16)4/h12,15H,5-11H2,1-4H3,(H2,18,19,20). The summed E-state index contributed by atoms with van der Waals surface area (Å²) in [6.45, 7) is 10.8. The molecule has 2 rings (SSSR count). The van der Waals surface area contributed by atoms with Crippen LogP contribution in [0.25, 0.3) is 0 Å². The second kappa shape index (κ2) is 8.20. The van der Waals surface area contributed by atoms with Gasteiger partial charge in [-0.15, -0.1) is 0 Å². The molecular weight excluding hydrogens is 276 g/mol. The maximum atomic E-state index is 5.19. The van der Waals surface area contributed by atoms with Gasteiger partial charge >= 0.3 is 0 Å². The van der Waals surface area contributed by atoms with E-state index in [1.54, 1.807) is 0 Å². The molecule has 1 saturated carbocycles. The first kappa shape index (κ1) is 16.8. The maximum absolute atomic E-state index is 5.19. The molecule has 0 atom stereocenters. The minimum atomic E-state index is 0.609. The zero-order valence-corrected chi connectivity index (χ0v) is 14.4. The molecule has 124 valence electrons. The minimum absolute atomic E-state index is 0.609. The first-order valence-electron chi connectivity index (χ1n) is 8.54. The summed E-state index contributed by atoms with van der Waals surface area (Å²) < 4.78 is 5.19. The first-order valence-corrected chi connectivity index (χ1v) is 8.54. The van der Waals surface area contributed by atoms with E-state index in [2.05, 4.69) is 34.6 Å². The number of hydrogen-bond acceptors (Lipinski definition) is 3. The lowest BCUT2D eigenvalue weighted by Gasteiger charge is -2.26. The lowest BCUT2D eigenvalue weighted by molar-refractivity contribution is 0.289. The van der Waals surface area contributed by atoms with E-state index in [0.29, 0.717) is 6.54 Å². The van der Waals surface area contributed by atoms with Gasteiger partial charge in [-0.25, -0.2) is 4.99 Å². The van der Waals surface area contributed by atoms with Crippen molar-refractivity contribution in [3.05, 3.63) is 17.0 Å². The summed E-state index contributed by atoms with van der Waals surface area (Å²) in [4.78, 5) is 4.67. The Morgan fingerprint density at radius 2 is 1.95 bits per heavy atom. The topological polar surface area (TPSA) is 62.5 Å². The van der Waals surface area contributed by atoms with E-state index in [4.69, 9.17) is 4.52 Å². The number of rotatable bonds is 5. The summed E-state index contributed by atoms with van der Waals surface area (Å²) in [5.41, 5.74) is 2.02. The van der Waals surface area contributed by atoms with Crippen molar-refractivity contribution in [1.82, 2.24) is 15.8 Å². The predicted molar refractivity (Wildman–Crippen MR) is 89.9 cm³/mol. The van der Waals surface area contributed by atoms with Gasteiger partial charge in [-0.05, 0) is 45.4 Å². The molecule has 0 spiro atoms. The molecule has 1 heterocycles. The molecule has 0 aliphatic heterocycles. The van der Waals surface area contributed by atoms with E-state index in [9.17, 15) is 0 Å². The molecular formula is C17H30N4O. The fourth-order valence-electron chi connectivity index (χ4n) is 3.00. The van der Waals surface area contributed by atoms with Crippen LogP contribution in [0, 0.1) is 25.7 Å². The molecule has 1 aliphatic rings. The molecule has 1 aromatic heterocycles. The highest BCUT2D eigenvalue weighted by Gasteiger charge is 2.18. The SMILES string of the molecule is CCNC(=NCc1c(C)noc1C)NCC1CCC(C)CC1. The van der Waals surface area contributed by atoms with Crippen LogP contribution in [0.15, 0.2) is 9.52 Å². The molecule has 0 radical (unpaired) electrons. The third-order valence-corrected chi connectivity index (χ3v) is 4.61. The van der Waals surface area contributed by atoms with Gasteiger partial charge in [0.2, 0.25) is 0 Å². The van der Waals surface area contributed by atoms with E-state index in [1.165, 1.54) is 25.7 Å². The van der Waals surface area contributed by atoms with Crippen LogP contribution in [-0.2, 0) is 6.54 Å². The molecule has 1 fully saturated rings. The van der Waals surface area contributed by atoms with E-state index in [-0.39, 0.29) is 0 Å². The predicted octanol–water partition coefficient (Wildman–Crippen LogP) is 3.17. The van der Waals surface area contributed by atoms with E-state index < -0.39 is 0 Å². The van der Waals surface area contributed by atoms with Crippen molar-refractivity contribution in [2.75, 3.05) is 13.1 Å². The van der Waals surface area contributed by atoms with Gasteiger partial charge in [0.05, 0.1) is 12.2 Å². The van der Waals surface area contributed by atoms with Crippen molar-refractivity contribution in [2.24, 2.45) is 16.8 Å². The monoisotopic (exact) mass is 306 g/mol. The zero-order chi connectivity index (χ0) is 15.9. The number of nitrogens with one attached hydrogen (secondary N) is 2. The minimum Gasteiger partial charge on any atom is -0.361 e. The van der Waals surface area contributed by atoms with Crippen LogP contribution in [0.1, 0.15) is 56.5 Å². The summed E-state index contributed by atoms with van der Waals surface area (Å²) in [7, 11) is 0. The van der Waals surface area contributed by atoms with E-state index in [0.717, 1.165) is 47.9 Å². The molecule has 0 amide bonds. The smallest absolute Gasteiger partial charge is 0.191 e. The Kier molecular flexibility index (Phi) is 6.28. The normalized spacial score (nSPS) is 22.6. The quantitative estimate of drug-likeness (QED) is 0.648. The average molecular weight is 306 g/mol. The molecule has 0 aromatic carbocycles. The summed E-state index contributed by atoms with van der Waals surface area (Å²) in [5.74, 6) is 3.43. The number of aliphatic imine (C=N–C) groups is 1. The highest BCUT2D eigenvalue weighted by Crippen LogP contribution is 2.27. The Labute approximate surface area is 133 Å². The van der Waals surface area contributed by atoms with Gasteiger partial charge in [0.1, 0.15) is 5.76 Å². The second-order valence-electron chi connectivity index (χ2n) is 6.50. The third kappa shape index (κ3) is 4.75. The summed E-state index contributed by atoms with van der Waals surface area (Å²) in [6, 6.07) is 0. The van der Waals surface area contributed by atoms with Gasteiger partial charge in [0, 0.05) is 18.7 Å². The van der Waals surface area contributed by atoms with Crippen molar-refractivity contribution in [3.8, 4) is 0 Å². The highest BCUT2D eigenvalue weighted by molar-refractivity contribution is 5.79. The first-order chi connectivity index (χ1) is 10.6. The van der Waals surface area contributed by atoms with Crippen LogP contribution in [0.4, 0.5) is 0 Å². The Balaban J connectivity index is 1.87. The summed E-state index contributed by atoms with van der Waals surface area (Å²) in [6.07, 6.45) is 5.38. The molecule has 5 heteroatoms. The molecule has 1 aliphatic carbocycles. The molecule has 22 heavy (non-hydrogen) atoms. The Morgan fingerprint density at radius 1 is 1.23 bits per heavy atom. The Hall–Kier alpha value is -1.52. The average Bonchev–Trinajstić information content (AvgIpc) is 2.83. The number of hydrogen-bond donors (Lipinski definition) is 2. The zero-order valence-electron chi connectivity index (χ0n) is 14.4. The summed E-state index contributed by atoms with van der Waals surface area (Å²) in [5, 5.41) is 10.8. The Morgan fingerprint density at radius 3 is 2.55 bits per heavy atom. The fraction of sp³-hybridized carbons (Fsp3) is 0.765. The molecule has 0 saturated heterocycles. The number of guanidine groups is 1. The number of aromatic nitrogens is 1. The van der Waals surface area contributed by atoms with Crippen LogP contribution >= 0.6 is 0 Å². The number of aryl methyl sites for hydroxylation is 2. The fourth-order valence-corrected chi connectivity index (χ4v) is 3.00. The van der Waals surface area contributed by atoms with Gasteiger partial charge < -0.3 is 15.2 Å². The van der Waals surface area contributed by atoms with Gasteiger partial charge in [0.25, 0.3) is 0 Å². The van der Waals surface area contributed by atoms with Gasteiger partial charge in [-0.3, -0.25) is 0 Å². The highest BCUT2D eigenvalue weighted by atomic mass is 16.5. The maximum Gasteiger partial charge on any atom is 0.191 e. The van der Waals surface area contributed by atoms with Gasteiger partial charge in [-0.2, -0.15) is 0 Å². The lowest BCUT2D eigenvalue weighted by atomic mass is 9.83. The van der Waals surface area contributed by atoms with Crippen LogP contribution in [0.2, 0.25) is 0 Å². The second-order valence-corrected chi connectivity index (χ2v) is 6.50. The van der Waals surface area contributed by atoms with Crippen molar-refractivity contribution in [2.45, 2.75) is 59.9 Å². The lowest BCUT2D eigenvalue weighted by Crippen LogP contribution is -2.40. The van der Waals surface area contributed by atoms with E-state index >= 15 is 0 Å². The van der Waals surface area contributed by atoms with Gasteiger partial charge in [-0.1, -0.05) is 24.9 Å². The third-order valence-electron chi connectivity index (χ3n) is 4.61. The molecule has 5 nitrogen and oxygen atoms in total. The molecule has 1 aromatic rings.